The Morgan fingerprint density at radius 1 is 0.903 bits per heavy atom. The molecule has 0 N–H and O–H groups in total. The number of aryl methyl sites for hydroxylation is 1. The second-order valence-electron chi connectivity index (χ2n) is 6.88. The predicted molar refractivity (Wildman–Crippen MR) is 127 cm³/mol. The highest BCUT2D eigenvalue weighted by molar-refractivity contribution is 8.19. The molecule has 3 aromatic carbocycles. The third kappa shape index (κ3) is 4.34. The molecule has 1 heterocycles. The van der Waals surface area contributed by atoms with E-state index in [-0.39, 0.29) is 5.91 Å². The molecule has 5 nitrogen and oxygen atoms in total. The molecule has 6 heteroatoms. The van der Waals surface area contributed by atoms with Gasteiger partial charge in [-0.2, -0.15) is 0 Å². The van der Waals surface area contributed by atoms with Crippen molar-refractivity contribution in [2.24, 2.45) is 4.99 Å². The van der Waals surface area contributed by atoms with Crippen molar-refractivity contribution >= 4 is 40.3 Å². The molecule has 31 heavy (non-hydrogen) atoms. The molecule has 1 amide bonds. The number of rotatable bonds is 5. The largest absolute Gasteiger partial charge is 0.493 e. The van der Waals surface area contributed by atoms with Gasteiger partial charge in [-0.15, -0.1) is 0 Å². The number of methoxy groups -OCH3 is 2. The molecule has 3 aromatic rings. The molecule has 0 bridgehead atoms. The first-order valence-corrected chi connectivity index (χ1v) is 10.6. The van der Waals surface area contributed by atoms with Crippen molar-refractivity contribution in [3.8, 4) is 11.5 Å². The van der Waals surface area contributed by atoms with Gasteiger partial charge in [0.15, 0.2) is 16.7 Å². The number of carbonyl (C=O) groups is 1. The molecule has 0 saturated carbocycles. The van der Waals surface area contributed by atoms with E-state index in [2.05, 4.69) is 0 Å². The van der Waals surface area contributed by atoms with Crippen LogP contribution in [0.2, 0.25) is 0 Å². The van der Waals surface area contributed by atoms with Gasteiger partial charge in [-0.05, 0) is 72.3 Å². The fourth-order valence-corrected chi connectivity index (χ4v) is 4.25. The highest BCUT2D eigenvalue weighted by Gasteiger charge is 2.34. The first-order valence-electron chi connectivity index (χ1n) is 9.76. The third-order valence-electron chi connectivity index (χ3n) is 4.86. The van der Waals surface area contributed by atoms with Gasteiger partial charge in [-0.25, -0.2) is 4.99 Å². The molecule has 0 aliphatic carbocycles. The van der Waals surface area contributed by atoms with Gasteiger partial charge in [0.25, 0.3) is 5.91 Å². The van der Waals surface area contributed by atoms with Gasteiger partial charge in [0.2, 0.25) is 0 Å². The van der Waals surface area contributed by atoms with E-state index in [0.29, 0.717) is 21.6 Å². The molecule has 0 atom stereocenters. The van der Waals surface area contributed by atoms with Gasteiger partial charge >= 0.3 is 0 Å². The summed E-state index contributed by atoms with van der Waals surface area (Å²) in [7, 11) is 3.21. The number of nitrogens with zero attached hydrogens (tertiary/aromatic N) is 2. The van der Waals surface area contributed by atoms with Crippen LogP contribution in [0.1, 0.15) is 11.1 Å². The van der Waals surface area contributed by atoms with E-state index in [4.69, 9.17) is 14.5 Å². The molecule has 1 aliphatic heterocycles. The van der Waals surface area contributed by atoms with Crippen LogP contribution in [0.4, 0.5) is 11.4 Å². The summed E-state index contributed by atoms with van der Waals surface area (Å²) in [6.07, 6.45) is 1.88. The SMILES string of the molecule is COc1cc(C)c(/C=C2\SC(=Nc3ccccc3)N(c3ccccc3)C2=O)cc1OC. The summed E-state index contributed by atoms with van der Waals surface area (Å²) < 4.78 is 10.8. The number of carbonyl (C=O) groups excluding carboxylic acids is 1. The number of ether oxygens (including phenoxy) is 2. The van der Waals surface area contributed by atoms with Gasteiger partial charge in [0.05, 0.1) is 30.5 Å². The number of amides is 1. The Balaban J connectivity index is 1.78. The lowest BCUT2D eigenvalue weighted by Crippen LogP contribution is -2.28. The summed E-state index contributed by atoms with van der Waals surface area (Å²) in [5, 5.41) is 0.617. The summed E-state index contributed by atoms with van der Waals surface area (Å²) in [4.78, 5) is 20.4. The molecule has 1 saturated heterocycles. The zero-order valence-electron chi connectivity index (χ0n) is 17.5. The highest BCUT2D eigenvalue weighted by atomic mass is 32.2. The van der Waals surface area contributed by atoms with Crippen LogP contribution in [-0.4, -0.2) is 25.3 Å². The quantitative estimate of drug-likeness (QED) is 0.479. The normalized spacial score (nSPS) is 16.2. The molecule has 0 unspecified atom stereocenters. The minimum Gasteiger partial charge on any atom is -0.493 e. The summed E-state index contributed by atoms with van der Waals surface area (Å²) in [6.45, 7) is 1.98. The van der Waals surface area contributed by atoms with Crippen LogP contribution >= 0.6 is 11.8 Å². The Morgan fingerprint density at radius 3 is 2.16 bits per heavy atom. The lowest BCUT2D eigenvalue weighted by molar-refractivity contribution is -0.113. The summed E-state index contributed by atoms with van der Waals surface area (Å²) in [5.41, 5.74) is 3.45. The van der Waals surface area contributed by atoms with E-state index >= 15 is 0 Å². The average Bonchev–Trinajstić information content (AvgIpc) is 3.10. The Hall–Kier alpha value is -3.51. The fraction of sp³-hybridized carbons (Fsp3) is 0.120. The Bertz CT molecular complexity index is 1160. The first-order chi connectivity index (χ1) is 15.1. The van der Waals surface area contributed by atoms with Crippen LogP contribution in [-0.2, 0) is 4.79 Å². The molecule has 1 fully saturated rings. The molecule has 0 aromatic heterocycles. The lowest BCUT2D eigenvalue weighted by Gasteiger charge is -2.15. The van der Waals surface area contributed by atoms with Gasteiger partial charge in [-0.1, -0.05) is 36.4 Å². The number of aliphatic imine (C=N–C) groups is 1. The van der Waals surface area contributed by atoms with Crippen molar-refractivity contribution in [3.63, 3.8) is 0 Å². The van der Waals surface area contributed by atoms with Crippen molar-refractivity contribution < 1.29 is 14.3 Å². The summed E-state index contributed by atoms with van der Waals surface area (Å²) in [5.74, 6) is 1.17. The van der Waals surface area contributed by atoms with Crippen LogP contribution in [0.3, 0.4) is 0 Å². The molecular formula is C25H22N2O3S. The van der Waals surface area contributed by atoms with E-state index < -0.39 is 0 Å². The number of hydrogen-bond donors (Lipinski definition) is 0. The van der Waals surface area contributed by atoms with Crippen molar-refractivity contribution in [3.05, 3.63) is 88.8 Å². The zero-order valence-corrected chi connectivity index (χ0v) is 18.3. The number of amidine groups is 1. The minimum absolute atomic E-state index is 0.111. The maximum Gasteiger partial charge on any atom is 0.271 e. The number of para-hydroxylation sites is 2. The van der Waals surface area contributed by atoms with Gasteiger partial charge < -0.3 is 9.47 Å². The second kappa shape index (κ2) is 9.10. The van der Waals surface area contributed by atoms with Crippen LogP contribution in [0.25, 0.3) is 6.08 Å². The van der Waals surface area contributed by atoms with E-state index in [1.54, 1.807) is 19.1 Å². The monoisotopic (exact) mass is 430 g/mol. The van der Waals surface area contributed by atoms with Crippen LogP contribution in [0, 0.1) is 6.92 Å². The number of thioether (sulfide) groups is 1. The van der Waals surface area contributed by atoms with Crippen LogP contribution in [0.5, 0.6) is 11.5 Å². The Kier molecular flexibility index (Phi) is 6.09. The van der Waals surface area contributed by atoms with Crippen molar-refractivity contribution in [1.82, 2.24) is 0 Å². The zero-order chi connectivity index (χ0) is 21.8. The van der Waals surface area contributed by atoms with Crippen molar-refractivity contribution in [1.29, 1.82) is 0 Å². The molecule has 156 valence electrons. The minimum atomic E-state index is -0.111. The number of benzene rings is 3. The topological polar surface area (TPSA) is 51.1 Å². The van der Waals surface area contributed by atoms with Crippen molar-refractivity contribution in [2.75, 3.05) is 19.1 Å². The molecule has 0 radical (unpaired) electrons. The van der Waals surface area contributed by atoms with Crippen LogP contribution in [0.15, 0.2) is 82.7 Å². The maximum atomic E-state index is 13.4. The number of anilines is 1. The molecule has 4 rings (SSSR count). The highest BCUT2D eigenvalue weighted by Crippen LogP contribution is 2.39. The van der Waals surface area contributed by atoms with Gasteiger partial charge in [-0.3, -0.25) is 9.69 Å². The van der Waals surface area contributed by atoms with E-state index in [0.717, 1.165) is 22.5 Å². The van der Waals surface area contributed by atoms with Crippen molar-refractivity contribution in [2.45, 2.75) is 6.92 Å². The average molecular weight is 431 g/mol. The van der Waals surface area contributed by atoms with E-state index in [1.807, 2.05) is 85.8 Å². The standard InChI is InChI=1S/C25H22N2O3S/c1-17-14-21(29-2)22(30-3)15-18(17)16-23-24(28)27(20-12-8-5-9-13-20)25(31-23)26-19-10-6-4-7-11-19/h4-16H,1-3H3/b23-16-,26-25?. The smallest absolute Gasteiger partial charge is 0.271 e. The predicted octanol–water partition coefficient (Wildman–Crippen LogP) is 5.82. The van der Waals surface area contributed by atoms with E-state index in [9.17, 15) is 4.79 Å². The molecule has 1 aliphatic rings. The Labute approximate surface area is 186 Å². The number of hydrogen-bond acceptors (Lipinski definition) is 5. The van der Waals surface area contributed by atoms with Gasteiger partial charge in [0.1, 0.15) is 0 Å². The second-order valence-corrected chi connectivity index (χ2v) is 7.89. The molecular weight excluding hydrogens is 408 g/mol. The molecule has 0 spiro atoms. The fourth-order valence-electron chi connectivity index (χ4n) is 3.26. The summed E-state index contributed by atoms with van der Waals surface area (Å²) >= 11 is 1.36. The lowest BCUT2D eigenvalue weighted by atomic mass is 10.1. The Morgan fingerprint density at radius 2 is 1.52 bits per heavy atom. The third-order valence-corrected chi connectivity index (χ3v) is 5.83. The van der Waals surface area contributed by atoms with Gasteiger partial charge in [0, 0.05) is 0 Å². The van der Waals surface area contributed by atoms with Crippen LogP contribution < -0.4 is 14.4 Å². The van der Waals surface area contributed by atoms with E-state index in [1.165, 1.54) is 11.8 Å². The summed E-state index contributed by atoms with van der Waals surface area (Å²) in [6, 6.07) is 23.0. The maximum absolute atomic E-state index is 13.4. The first kappa shape index (κ1) is 20.8.